The van der Waals surface area contributed by atoms with Gasteiger partial charge in [0.2, 0.25) is 5.91 Å². The second-order valence-corrected chi connectivity index (χ2v) is 7.32. The van der Waals surface area contributed by atoms with E-state index in [0.29, 0.717) is 17.5 Å². The minimum Gasteiger partial charge on any atom is -0.302 e. The average Bonchev–Trinajstić information content (AvgIpc) is 3.24. The van der Waals surface area contributed by atoms with Crippen molar-refractivity contribution in [2.24, 2.45) is 17.8 Å². The van der Waals surface area contributed by atoms with E-state index in [1.165, 1.54) is 37.0 Å². The number of carbonyl (C=O) groups is 1. The summed E-state index contributed by atoms with van der Waals surface area (Å²) in [6.45, 7) is 0. The molecule has 2 bridgehead atoms. The molecule has 0 radical (unpaired) electrons. The topological polar surface area (TPSA) is 54.9 Å². The number of hydrogen-bond donors (Lipinski definition) is 1. The van der Waals surface area contributed by atoms with Crippen molar-refractivity contribution in [3.63, 3.8) is 0 Å². The summed E-state index contributed by atoms with van der Waals surface area (Å²) in [5, 5.41) is 5.62. The third kappa shape index (κ3) is 2.77. The Labute approximate surface area is 134 Å². The Hall–Kier alpha value is -1.75. The summed E-state index contributed by atoms with van der Waals surface area (Å²) >= 11 is 1.48. The van der Waals surface area contributed by atoms with E-state index in [2.05, 4.69) is 15.3 Å². The quantitative estimate of drug-likeness (QED) is 0.929. The Kier molecular flexibility index (Phi) is 3.66. The Morgan fingerprint density at radius 3 is 3.05 bits per heavy atom. The molecule has 2 heterocycles. The summed E-state index contributed by atoms with van der Waals surface area (Å²) in [6.07, 6.45) is 9.48. The molecule has 2 saturated carbocycles. The number of anilines is 1. The Balaban J connectivity index is 1.37. The number of rotatable bonds is 4. The van der Waals surface area contributed by atoms with Crippen LogP contribution in [0.2, 0.25) is 0 Å². The molecule has 1 amide bonds. The van der Waals surface area contributed by atoms with Crippen molar-refractivity contribution in [2.45, 2.75) is 32.1 Å². The molecular weight excluding hydrogens is 294 g/mol. The summed E-state index contributed by atoms with van der Waals surface area (Å²) in [5.41, 5.74) is 1.85. The van der Waals surface area contributed by atoms with Gasteiger partial charge in [-0.15, -0.1) is 11.3 Å². The fourth-order valence-electron chi connectivity index (χ4n) is 4.01. The van der Waals surface area contributed by atoms with E-state index in [9.17, 15) is 4.79 Å². The molecule has 4 nitrogen and oxygen atoms in total. The highest BCUT2D eigenvalue weighted by molar-refractivity contribution is 7.14. The molecule has 2 fully saturated rings. The highest BCUT2D eigenvalue weighted by Crippen LogP contribution is 2.49. The molecule has 0 aliphatic heterocycles. The van der Waals surface area contributed by atoms with E-state index in [1.54, 1.807) is 12.4 Å². The van der Waals surface area contributed by atoms with Crippen LogP contribution in [-0.4, -0.2) is 15.9 Å². The monoisotopic (exact) mass is 313 g/mol. The summed E-state index contributed by atoms with van der Waals surface area (Å²) in [7, 11) is 0. The number of fused-ring (bicyclic) bond motifs is 2. The van der Waals surface area contributed by atoms with Crippen molar-refractivity contribution in [1.29, 1.82) is 0 Å². The normalized spacial score (nSPS) is 26.3. The van der Waals surface area contributed by atoms with E-state index < -0.39 is 0 Å². The molecule has 0 unspecified atom stereocenters. The van der Waals surface area contributed by atoms with Crippen molar-refractivity contribution < 1.29 is 4.79 Å². The molecule has 22 heavy (non-hydrogen) atoms. The lowest BCUT2D eigenvalue weighted by atomic mass is 9.86. The van der Waals surface area contributed by atoms with Crippen LogP contribution in [0, 0.1) is 17.8 Å². The molecule has 114 valence electrons. The van der Waals surface area contributed by atoms with Gasteiger partial charge in [-0.05, 0) is 49.1 Å². The van der Waals surface area contributed by atoms with Gasteiger partial charge in [-0.25, -0.2) is 4.98 Å². The van der Waals surface area contributed by atoms with Gasteiger partial charge < -0.3 is 5.32 Å². The van der Waals surface area contributed by atoms with Crippen LogP contribution < -0.4 is 5.32 Å². The van der Waals surface area contributed by atoms with Crippen molar-refractivity contribution in [2.75, 3.05) is 5.32 Å². The number of aromatic nitrogens is 2. The molecule has 2 aromatic heterocycles. The number of thiazole rings is 1. The number of nitrogens with one attached hydrogen (secondary N) is 1. The minimum atomic E-state index is 0.115. The fourth-order valence-corrected chi connectivity index (χ4v) is 4.75. The van der Waals surface area contributed by atoms with Gasteiger partial charge in [0.1, 0.15) is 0 Å². The van der Waals surface area contributed by atoms with Crippen LogP contribution in [0.3, 0.4) is 0 Å². The van der Waals surface area contributed by atoms with Gasteiger partial charge >= 0.3 is 0 Å². The third-order valence-electron chi connectivity index (χ3n) is 5.04. The molecule has 0 aromatic carbocycles. The van der Waals surface area contributed by atoms with Crippen LogP contribution in [0.4, 0.5) is 5.13 Å². The molecule has 2 aliphatic rings. The number of carbonyl (C=O) groups excluding carboxylic acids is 1. The third-order valence-corrected chi connectivity index (χ3v) is 5.80. The lowest BCUT2D eigenvalue weighted by Crippen LogP contribution is -2.20. The number of amides is 1. The number of hydrogen-bond acceptors (Lipinski definition) is 4. The molecule has 0 saturated heterocycles. The highest BCUT2D eigenvalue weighted by Gasteiger charge is 2.40. The first kappa shape index (κ1) is 13.9. The van der Waals surface area contributed by atoms with Crippen LogP contribution in [0.25, 0.3) is 11.3 Å². The minimum absolute atomic E-state index is 0.115. The average molecular weight is 313 g/mol. The van der Waals surface area contributed by atoms with Crippen LogP contribution in [0.5, 0.6) is 0 Å². The summed E-state index contributed by atoms with van der Waals surface area (Å²) in [5.74, 6) is 2.39. The zero-order valence-corrected chi connectivity index (χ0v) is 13.2. The van der Waals surface area contributed by atoms with E-state index in [4.69, 9.17) is 0 Å². The zero-order chi connectivity index (χ0) is 14.9. The lowest BCUT2D eigenvalue weighted by molar-refractivity contribution is -0.117. The van der Waals surface area contributed by atoms with Gasteiger partial charge in [0, 0.05) is 29.8 Å². The number of nitrogens with zero attached hydrogens (tertiary/aromatic N) is 2. The van der Waals surface area contributed by atoms with Crippen LogP contribution in [0.1, 0.15) is 32.1 Å². The Morgan fingerprint density at radius 1 is 1.36 bits per heavy atom. The molecule has 2 aromatic rings. The molecule has 1 N–H and O–H groups in total. The summed E-state index contributed by atoms with van der Waals surface area (Å²) in [6, 6.07) is 3.87. The molecule has 0 spiro atoms. The maximum Gasteiger partial charge on any atom is 0.226 e. The predicted molar refractivity (Wildman–Crippen MR) is 87.5 cm³/mol. The second kappa shape index (κ2) is 5.80. The van der Waals surface area contributed by atoms with Crippen LogP contribution >= 0.6 is 11.3 Å². The van der Waals surface area contributed by atoms with E-state index in [0.717, 1.165) is 23.1 Å². The number of pyridine rings is 1. The van der Waals surface area contributed by atoms with Crippen LogP contribution in [0.15, 0.2) is 29.9 Å². The van der Waals surface area contributed by atoms with Gasteiger partial charge in [0.05, 0.1) is 5.69 Å². The second-order valence-electron chi connectivity index (χ2n) is 6.47. The van der Waals surface area contributed by atoms with Gasteiger partial charge in [0.15, 0.2) is 5.13 Å². The van der Waals surface area contributed by atoms with Crippen molar-refractivity contribution in [3.8, 4) is 11.3 Å². The fraction of sp³-hybridized carbons (Fsp3) is 0.471. The maximum atomic E-state index is 12.2. The molecule has 5 heteroatoms. The first-order valence-corrected chi connectivity index (χ1v) is 8.81. The van der Waals surface area contributed by atoms with Gasteiger partial charge in [0.25, 0.3) is 0 Å². The SMILES string of the molecule is O=C(C[C@H]1C[C@H]2CC[C@H]1C2)Nc1nc(-c2cccnc2)cs1. The van der Waals surface area contributed by atoms with Gasteiger partial charge in [-0.3, -0.25) is 9.78 Å². The standard InChI is InChI=1S/C17H19N3OS/c21-16(8-14-7-11-3-4-12(14)6-11)20-17-19-15(10-22-17)13-2-1-5-18-9-13/h1-2,5,9-12,14H,3-4,6-8H2,(H,19,20,21)/t11-,12-,14+/m0/s1. The van der Waals surface area contributed by atoms with E-state index in [1.807, 2.05) is 17.5 Å². The van der Waals surface area contributed by atoms with E-state index in [-0.39, 0.29) is 5.91 Å². The van der Waals surface area contributed by atoms with Gasteiger partial charge in [-0.1, -0.05) is 6.42 Å². The van der Waals surface area contributed by atoms with Crippen molar-refractivity contribution >= 4 is 22.4 Å². The van der Waals surface area contributed by atoms with E-state index >= 15 is 0 Å². The van der Waals surface area contributed by atoms with Gasteiger partial charge in [-0.2, -0.15) is 0 Å². The Morgan fingerprint density at radius 2 is 2.32 bits per heavy atom. The molecule has 2 aliphatic carbocycles. The zero-order valence-electron chi connectivity index (χ0n) is 12.4. The Bertz CT molecular complexity index is 670. The largest absolute Gasteiger partial charge is 0.302 e. The van der Waals surface area contributed by atoms with Crippen molar-refractivity contribution in [1.82, 2.24) is 9.97 Å². The van der Waals surface area contributed by atoms with Crippen LogP contribution in [-0.2, 0) is 4.79 Å². The maximum absolute atomic E-state index is 12.2. The highest BCUT2D eigenvalue weighted by atomic mass is 32.1. The lowest BCUT2D eigenvalue weighted by Gasteiger charge is -2.20. The predicted octanol–water partition coefficient (Wildman–Crippen LogP) is 3.97. The molecule has 4 rings (SSSR count). The molecular formula is C17H19N3OS. The first-order valence-electron chi connectivity index (χ1n) is 7.93. The van der Waals surface area contributed by atoms with Crippen molar-refractivity contribution in [3.05, 3.63) is 29.9 Å². The first-order chi connectivity index (χ1) is 10.8. The summed E-state index contributed by atoms with van der Waals surface area (Å²) in [4.78, 5) is 20.8. The molecule has 3 atom stereocenters. The summed E-state index contributed by atoms with van der Waals surface area (Å²) < 4.78 is 0. The smallest absolute Gasteiger partial charge is 0.226 e.